The molecule has 0 aliphatic heterocycles. The highest BCUT2D eigenvalue weighted by molar-refractivity contribution is 5.56. The molecule has 0 atom stereocenters. The Morgan fingerprint density at radius 3 is 1.00 bits per heavy atom. The van der Waals surface area contributed by atoms with E-state index in [1.807, 2.05) is 13.8 Å². The van der Waals surface area contributed by atoms with Gasteiger partial charge in [-0.25, -0.2) is 0 Å². The summed E-state index contributed by atoms with van der Waals surface area (Å²) in [5.41, 5.74) is 15.7. The van der Waals surface area contributed by atoms with E-state index in [4.69, 9.17) is 0 Å². The minimum absolute atomic E-state index is 0.446. The Morgan fingerprint density at radius 2 is 0.750 bits per heavy atom. The third-order valence-corrected chi connectivity index (χ3v) is 8.00. The van der Waals surface area contributed by atoms with Crippen LogP contribution in [0.15, 0.2) is 24.3 Å². The van der Waals surface area contributed by atoms with Crippen molar-refractivity contribution in [2.24, 2.45) is 0 Å². The van der Waals surface area contributed by atoms with Crippen LogP contribution in [0.25, 0.3) is 0 Å². The van der Waals surface area contributed by atoms with Crippen molar-refractivity contribution < 1.29 is 10.2 Å². The summed E-state index contributed by atoms with van der Waals surface area (Å²) in [4.78, 5) is 0. The monoisotopic (exact) mass is 486 g/mol. The first-order chi connectivity index (χ1) is 17.2. The molecule has 2 heteroatoms. The summed E-state index contributed by atoms with van der Waals surface area (Å²) in [6.07, 6.45) is 7.60. The molecule has 0 fully saturated rings. The quantitative estimate of drug-likeness (QED) is 0.303. The molecule has 194 valence electrons. The Kier molecular flexibility index (Phi) is 9.28. The van der Waals surface area contributed by atoms with Gasteiger partial charge >= 0.3 is 0 Å². The molecule has 0 spiro atoms. The Morgan fingerprint density at radius 1 is 0.444 bits per heavy atom. The summed E-state index contributed by atoms with van der Waals surface area (Å²) < 4.78 is 0. The zero-order chi connectivity index (χ0) is 26.6. The van der Waals surface area contributed by atoms with Crippen LogP contribution in [-0.4, -0.2) is 10.2 Å². The maximum atomic E-state index is 10.5. The molecular weight excluding hydrogens is 440 g/mol. The van der Waals surface area contributed by atoms with Crippen molar-refractivity contribution in [3.8, 4) is 11.5 Å². The number of aryl methyl sites for hydroxylation is 4. The topological polar surface area (TPSA) is 40.5 Å². The molecule has 3 rings (SSSR count). The van der Waals surface area contributed by atoms with Crippen LogP contribution < -0.4 is 0 Å². The van der Waals surface area contributed by atoms with E-state index in [2.05, 4.69) is 65.8 Å². The fourth-order valence-corrected chi connectivity index (χ4v) is 6.25. The second kappa shape index (κ2) is 12.0. The molecule has 0 bridgehead atoms. The fraction of sp³-hybridized carbons (Fsp3) is 0.471. The lowest BCUT2D eigenvalue weighted by molar-refractivity contribution is 0.464. The Balaban J connectivity index is 2.23. The maximum Gasteiger partial charge on any atom is 0.121 e. The van der Waals surface area contributed by atoms with Crippen LogP contribution in [0.2, 0.25) is 0 Å². The number of aromatic hydroxyl groups is 2. The smallest absolute Gasteiger partial charge is 0.121 e. The van der Waals surface area contributed by atoms with E-state index in [0.717, 1.165) is 73.6 Å². The zero-order valence-corrected chi connectivity index (χ0v) is 23.9. The van der Waals surface area contributed by atoms with Crippen molar-refractivity contribution in [3.63, 3.8) is 0 Å². The Labute approximate surface area is 219 Å². The lowest BCUT2D eigenvalue weighted by Gasteiger charge is -2.26. The summed E-state index contributed by atoms with van der Waals surface area (Å²) in [5, 5.41) is 21.0. The number of phenols is 2. The van der Waals surface area contributed by atoms with E-state index in [9.17, 15) is 10.2 Å². The van der Waals surface area contributed by atoms with Gasteiger partial charge in [0.05, 0.1) is 0 Å². The first kappa shape index (κ1) is 27.8. The first-order valence-electron chi connectivity index (χ1n) is 14.0. The minimum atomic E-state index is 0.446. The van der Waals surface area contributed by atoms with E-state index in [1.54, 1.807) is 0 Å². The van der Waals surface area contributed by atoms with Gasteiger partial charge in [-0.3, -0.25) is 0 Å². The highest BCUT2D eigenvalue weighted by Crippen LogP contribution is 2.36. The van der Waals surface area contributed by atoms with Crippen LogP contribution in [-0.2, 0) is 51.4 Å². The van der Waals surface area contributed by atoms with E-state index < -0.39 is 0 Å². The molecule has 2 N–H and O–H groups in total. The summed E-state index contributed by atoms with van der Waals surface area (Å²) in [6, 6.07) is 8.75. The molecule has 0 saturated carbocycles. The number of rotatable bonds is 10. The van der Waals surface area contributed by atoms with Gasteiger partial charge in [-0.1, -0.05) is 65.8 Å². The first-order valence-corrected chi connectivity index (χ1v) is 14.0. The van der Waals surface area contributed by atoms with Gasteiger partial charge in [0.25, 0.3) is 0 Å². The number of hydrogen-bond donors (Lipinski definition) is 2. The number of benzene rings is 3. The van der Waals surface area contributed by atoms with Gasteiger partial charge in [-0.2, -0.15) is 0 Å². The largest absolute Gasteiger partial charge is 0.507 e. The van der Waals surface area contributed by atoms with E-state index in [1.165, 1.54) is 44.5 Å². The zero-order valence-electron chi connectivity index (χ0n) is 23.9. The second-order valence-corrected chi connectivity index (χ2v) is 10.2. The number of phenolic OH excluding ortho intramolecular Hbond substituents is 2. The fourth-order valence-electron chi connectivity index (χ4n) is 6.25. The maximum absolute atomic E-state index is 10.5. The molecule has 0 aromatic heterocycles. The molecule has 2 nitrogen and oxygen atoms in total. The highest BCUT2D eigenvalue weighted by atomic mass is 16.3. The van der Waals surface area contributed by atoms with Gasteiger partial charge in [-0.05, 0) is 132 Å². The lowest BCUT2D eigenvalue weighted by Crippen LogP contribution is -2.14. The standard InChI is InChI=1S/C34H46O2/c1-9-25-17-23(15-21(7)33(25)35)19-31-27(11-3)29(13-5)32(30(14-6)28(31)12-4)20-24-16-22(8)34(36)26(10-2)18-24/h15-18,35-36H,9-14,19-20H2,1-8H3. The van der Waals surface area contributed by atoms with Crippen LogP contribution >= 0.6 is 0 Å². The van der Waals surface area contributed by atoms with Gasteiger partial charge in [-0.15, -0.1) is 0 Å². The Hall–Kier alpha value is -2.74. The third kappa shape index (κ3) is 5.33. The summed E-state index contributed by atoms with van der Waals surface area (Å²) in [7, 11) is 0. The predicted molar refractivity (Wildman–Crippen MR) is 154 cm³/mol. The molecule has 3 aromatic rings. The van der Waals surface area contributed by atoms with Crippen molar-refractivity contribution in [3.05, 3.63) is 91.0 Å². The van der Waals surface area contributed by atoms with Crippen LogP contribution in [0.4, 0.5) is 0 Å². The molecule has 0 radical (unpaired) electrons. The molecule has 0 saturated heterocycles. The van der Waals surface area contributed by atoms with Crippen molar-refractivity contribution in [2.75, 3.05) is 0 Å². The van der Waals surface area contributed by atoms with Gasteiger partial charge < -0.3 is 10.2 Å². The summed E-state index contributed by atoms with van der Waals surface area (Å²) in [5.74, 6) is 0.893. The highest BCUT2D eigenvalue weighted by Gasteiger charge is 2.22. The molecule has 3 aromatic carbocycles. The second-order valence-electron chi connectivity index (χ2n) is 10.2. The molecule has 0 unspecified atom stereocenters. The van der Waals surface area contributed by atoms with Gasteiger partial charge in [0.15, 0.2) is 0 Å². The number of hydrogen-bond acceptors (Lipinski definition) is 2. The van der Waals surface area contributed by atoms with Crippen LogP contribution in [0.3, 0.4) is 0 Å². The molecule has 0 aliphatic carbocycles. The van der Waals surface area contributed by atoms with E-state index in [0.29, 0.717) is 11.5 Å². The SMILES string of the molecule is CCc1cc(Cc2c(CC)c(CC)c(Cc3cc(C)c(O)c(CC)c3)c(CC)c2CC)cc(C)c1O. The Bertz CT molecular complexity index is 1100. The van der Waals surface area contributed by atoms with Crippen molar-refractivity contribution in [2.45, 2.75) is 107 Å². The van der Waals surface area contributed by atoms with Crippen LogP contribution in [0, 0.1) is 13.8 Å². The van der Waals surface area contributed by atoms with Crippen LogP contribution in [0.5, 0.6) is 11.5 Å². The normalized spacial score (nSPS) is 11.3. The van der Waals surface area contributed by atoms with Crippen molar-refractivity contribution in [1.29, 1.82) is 0 Å². The molecule has 36 heavy (non-hydrogen) atoms. The molecular formula is C34H46O2. The van der Waals surface area contributed by atoms with E-state index in [-0.39, 0.29) is 0 Å². The average Bonchev–Trinajstić information content (AvgIpc) is 2.87. The predicted octanol–water partition coefficient (Wildman–Crippen LogP) is 8.27. The van der Waals surface area contributed by atoms with Crippen molar-refractivity contribution in [1.82, 2.24) is 0 Å². The van der Waals surface area contributed by atoms with Crippen LogP contribution in [0.1, 0.15) is 108 Å². The summed E-state index contributed by atoms with van der Waals surface area (Å²) >= 11 is 0. The third-order valence-electron chi connectivity index (χ3n) is 8.00. The molecule has 0 aliphatic rings. The van der Waals surface area contributed by atoms with Gasteiger partial charge in [0, 0.05) is 0 Å². The minimum Gasteiger partial charge on any atom is -0.507 e. The summed E-state index contributed by atoms with van der Waals surface area (Å²) in [6.45, 7) is 17.4. The van der Waals surface area contributed by atoms with Gasteiger partial charge in [0.2, 0.25) is 0 Å². The van der Waals surface area contributed by atoms with Gasteiger partial charge in [0.1, 0.15) is 11.5 Å². The van der Waals surface area contributed by atoms with Crippen molar-refractivity contribution >= 4 is 0 Å². The molecule has 0 heterocycles. The molecule has 0 amide bonds. The van der Waals surface area contributed by atoms with E-state index >= 15 is 0 Å². The average molecular weight is 487 g/mol. The lowest BCUT2D eigenvalue weighted by atomic mass is 9.78.